The lowest BCUT2D eigenvalue weighted by molar-refractivity contribution is 0.0368. The number of nitrogens with zero attached hydrogens (tertiary/aromatic N) is 2. The lowest BCUT2D eigenvalue weighted by Gasteiger charge is -2.31. The van der Waals surface area contributed by atoms with E-state index in [9.17, 15) is 9.59 Å². The summed E-state index contributed by atoms with van der Waals surface area (Å²) in [5.74, 6) is 0.287. The first-order chi connectivity index (χ1) is 13.7. The van der Waals surface area contributed by atoms with Crippen molar-refractivity contribution in [1.82, 2.24) is 9.47 Å². The van der Waals surface area contributed by atoms with Crippen LogP contribution in [0.5, 0.6) is 5.88 Å². The lowest BCUT2D eigenvalue weighted by Crippen LogP contribution is -2.36. The number of hydrogen-bond donors (Lipinski definition) is 0. The van der Waals surface area contributed by atoms with Gasteiger partial charge >= 0.3 is 5.97 Å². The summed E-state index contributed by atoms with van der Waals surface area (Å²) in [5.41, 5.74) is 1.09. The van der Waals surface area contributed by atoms with Gasteiger partial charge in [0.1, 0.15) is 5.56 Å². The number of benzene rings is 1. The smallest absolute Gasteiger partial charge is 0.344 e. The van der Waals surface area contributed by atoms with E-state index in [0.29, 0.717) is 47.9 Å². The molecule has 0 unspecified atom stereocenters. The zero-order valence-electron chi connectivity index (χ0n) is 16.5. The van der Waals surface area contributed by atoms with Gasteiger partial charge in [-0.05, 0) is 50.9 Å². The standard InChI is InChI=1S/C22H28N2O4/c1-2-3-11-23-12-8-16(9-13-23)15-28-22(26)20-17-6-4-5-7-18(17)24-19(25)10-14-27-21(20)24/h4-7,16H,2-3,8-15H2,1H3. The molecule has 2 aliphatic rings. The first-order valence-electron chi connectivity index (χ1n) is 10.4. The molecule has 0 amide bonds. The van der Waals surface area contributed by atoms with Gasteiger partial charge in [-0.25, -0.2) is 9.36 Å². The van der Waals surface area contributed by atoms with E-state index in [1.165, 1.54) is 17.4 Å². The normalized spacial score (nSPS) is 18.1. The molecule has 1 aromatic heterocycles. The molecule has 0 aliphatic carbocycles. The van der Waals surface area contributed by atoms with Crippen LogP contribution in [0.15, 0.2) is 24.3 Å². The van der Waals surface area contributed by atoms with Crippen LogP contribution in [0.25, 0.3) is 10.9 Å². The fourth-order valence-corrected chi connectivity index (χ4v) is 4.17. The highest BCUT2D eigenvalue weighted by molar-refractivity contribution is 6.10. The van der Waals surface area contributed by atoms with Gasteiger partial charge in [0.15, 0.2) is 0 Å². The number of likely N-dealkylation sites (tertiary alicyclic amines) is 1. The van der Waals surface area contributed by atoms with Gasteiger partial charge in [-0.1, -0.05) is 31.5 Å². The molecule has 0 atom stereocenters. The Bertz CT molecular complexity index is 865. The largest absolute Gasteiger partial charge is 0.477 e. The van der Waals surface area contributed by atoms with Crippen molar-refractivity contribution < 1.29 is 19.1 Å². The minimum atomic E-state index is -0.395. The molecule has 4 rings (SSSR count). The van der Waals surface area contributed by atoms with Crippen molar-refractivity contribution in [2.24, 2.45) is 5.92 Å². The maximum absolute atomic E-state index is 12.9. The van der Waals surface area contributed by atoms with Crippen LogP contribution in [0.4, 0.5) is 0 Å². The highest BCUT2D eigenvalue weighted by Crippen LogP contribution is 2.35. The van der Waals surface area contributed by atoms with E-state index in [4.69, 9.17) is 9.47 Å². The molecule has 1 fully saturated rings. The molecular formula is C22H28N2O4. The first kappa shape index (κ1) is 19.0. The van der Waals surface area contributed by atoms with Crippen LogP contribution in [0.2, 0.25) is 0 Å². The number of aromatic nitrogens is 1. The summed E-state index contributed by atoms with van der Waals surface area (Å²) in [6.07, 6.45) is 4.89. The van der Waals surface area contributed by atoms with Crippen molar-refractivity contribution in [3.63, 3.8) is 0 Å². The average Bonchev–Trinajstić information content (AvgIpc) is 3.07. The van der Waals surface area contributed by atoms with Gasteiger partial charge in [-0.2, -0.15) is 0 Å². The molecule has 2 aliphatic heterocycles. The average molecular weight is 384 g/mol. The van der Waals surface area contributed by atoms with Gasteiger partial charge in [-0.3, -0.25) is 4.79 Å². The number of piperidine rings is 1. The quantitative estimate of drug-likeness (QED) is 0.710. The zero-order chi connectivity index (χ0) is 19.5. The fraction of sp³-hybridized carbons (Fsp3) is 0.545. The van der Waals surface area contributed by atoms with E-state index in [-0.39, 0.29) is 5.91 Å². The van der Waals surface area contributed by atoms with E-state index in [0.717, 1.165) is 32.5 Å². The topological polar surface area (TPSA) is 60.8 Å². The number of unbranched alkanes of at least 4 members (excludes halogenated alkanes) is 1. The van der Waals surface area contributed by atoms with Crippen LogP contribution in [0.1, 0.15) is 54.2 Å². The second kappa shape index (κ2) is 8.35. The molecule has 28 heavy (non-hydrogen) atoms. The monoisotopic (exact) mass is 384 g/mol. The van der Waals surface area contributed by atoms with Crippen molar-refractivity contribution in [2.75, 3.05) is 32.8 Å². The summed E-state index contributed by atoms with van der Waals surface area (Å²) in [6.45, 7) is 6.25. The molecule has 0 radical (unpaired) electrons. The van der Waals surface area contributed by atoms with E-state index >= 15 is 0 Å². The molecule has 0 bridgehead atoms. The molecule has 1 saturated heterocycles. The Morgan fingerprint density at radius 1 is 1.25 bits per heavy atom. The minimum Gasteiger partial charge on any atom is -0.477 e. The van der Waals surface area contributed by atoms with Gasteiger partial charge in [0.25, 0.3) is 0 Å². The third-order valence-electron chi connectivity index (χ3n) is 5.82. The van der Waals surface area contributed by atoms with Crippen LogP contribution < -0.4 is 4.74 Å². The van der Waals surface area contributed by atoms with Crippen LogP contribution in [-0.2, 0) is 4.74 Å². The maximum Gasteiger partial charge on any atom is 0.344 e. The van der Waals surface area contributed by atoms with E-state index < -0.39 is 5.97 Å². The van der Waals surface area contributed by atoms with Crippen molar-refractivity contribution in [1.29, 1.82) is 0 Å². The van der Waals surface area contributed by atoms with Gasteiger partial charge in [0.05, 0.1) is 25.2 Å². The number of carbonyl (C=O) groups excluding carboxylic acids is 2. The summed E-state index contributed by atoms with van der Waals surface area (Å²) >= 11 is 0. The van der Waals surface area contributed by atoms with Crippen molar-refractivity contribution in [2.45, 2.75) is 39.0 Å². The predicted molar refractivity (Wildman–Crippen MR) is 107 cm³/mol. The van der Waals surface area contributed by atoms with Crippen molar-refractivity contribution in [3.8, 4) is 5.88 Å². The fourth-order valence-electron chi connectivity index (χ4n) is 4.17. The lowest BCUT2D eigenvalue weighted by atomic mass is 9.97. The zero-order valence-corrected chi connectivity index (χ0v) is 16.5. The number of ether oxygens (including phenoxy) is 2. The van der Waals surface area contributed by atoms with Crippen molar-refractivity contribution in [3.05, 3.63) is 29.8 Å². The Hall–Kier alpha value is -2.34. The summed E-state index contributed by atoms with van der Waals surface area (Å²) < 4.78 is 12.9. The number of carbonyl (C=O) groups is 2. The van der Waals surface area contributed by atoms with Gasteiger partial charge in [0, 0.05) is 5.39 Å². The molecule has 0 saturated carbocycles. The second-order valence-electron chi connectivity index (χ2n) is 7.76. The molecule has 6 nitrogen and oxygen atoms in total. The van der Waals surface area contributed by atoms with Crippen LogP contribution >= 0.6 is 0 Å². The predicted octanol–water partition coefficient (Wildman–Crippen LogP) is 3.73. The molecule has 2 aromatic rings. The summed E-state index contributed by atoms with van der Waals surface area (Å²) in [4.78, 5) is 27.8. The highest BCUT2D eigenvalue weighted by Gasteiger charge is 2.31. The second-order valence-corrected chi connectivity index (χ2v) is 7.76. The number of para-hydroxylation sites is 1. The number of esters is 1. The Balaban J connectivity index is 1.45. The summed E-state index contributed by atoms with van der Waals surface area (Å²) in [5, 5.41) is 0.715. The molecule has 1 aromatic carbocycles. The molecule has 150 valence electrons. The highest BCUT2D eigenvalue weighted by atomic mass is 16.5. The Morgan fingerprint density at radius 2 is 2.04 bits per heavy atom. The SMILES string of the molecule is CCCCN1CCC(COC(=O)c2c3n(c4ccccc24)C(=O)CCO3)CC1. The van der Waals surface area contributed by atoms with E-state index in [1.54, 1.807) is 0 Å². The Kier molecular flexibility index (Phi) is 5.67. The van der Waals surface area contributed by atoms with Crippen molar-refractivity contribution >= 4 is 22.8 Å². The Morgan fingerprint density at radius 3 is 2.82 bits per heavy atom. The molecule has 0 spiro atoms. The minimum absolute atomic E-state index is 0.0454. The van der Waals surface area contributed by atoms with Gasteiger partial charge in [0.2, 0.25) is 11.8 Å². The van der Waals surface area contributed by atoms with Crippen LogP contribution in [-0.4, -0.2) is 54.2 Å². The van der Waals surface area contributed by atoms with Crippen LogP contribution in [0.3, 0.4) is 0 Å². The first-order valence-corrected chi connectivity index (χ1v) is 10.4. The van der Waals surface area contributed by atoms with E-state index in [1.807, 2.05) is 24.3 Å². The van der Waals surface area contributed by atoms with E-state index in [2.05, 4.69) is 11.8 Å². The maximum atomic E-state index is 12.9. The summed E-state index contributed by atoms with van der Waals surface area (Å²) in [6, 6.07) is 7.41. The number of hydrogen-bond acceptors (Lipinski definition) is 5. The number of rotatable bonds is 6. The molecule has 6 heteroatoms. The van der Waals surface area contributed by atoms with Gasteiger partial charge in [-0.15, -0.1) is 0 Å². The number of fused-ring (bicyclic) bond motifs is 3. The molecular weight excluding hydrogens is 356 g/mol. The van der Waals surface area contributed by atoms with Gasteiger partial charge < -0.3 is 14.4 Å². The third-order valence-corrected chi connectivity index (χ3v) is 5.82. The summed E-state index contributed by atoms with van der Waals surface area (Å²) in [7, 11) is 0. The molecule has 0 N–H and O–H groups in total. The molecule has 3 heterocycles. The third kappa shape index (κ3) is 3.65. The van der Waals surface area contributed by atoms with Crippen LogP contribution in [0, 0.1) is 5.92 Å². The Labute approximate surface area is 165 Å².